The molecule has 0 bridgehead atoms. The Kier molecular flexibility index (Phi) is 7.53. The Labute approximate surface area is 148 Å². The third kappa shape index (κ3) is 5.94. The van der Waals surface area contributed by atoms with Gasteiger partial charge in [0.1, 0.15) is 18.1 Å². The van der Waals surface area contributed by atoms with E-state index in [-0.39, 0.29) is 24.2 Å². The van der Waals surface area contributed by atoms with E-state index in [4.69, 9.17) is 14.2 Å². The summed E-state index contributed by atoms with van der Waals surface area (Å²) in [6.07, 6.45) is 1.06. The highest BCUT2D eigenvalue weighted by molar-refractivity contribution is 5.89. The molecular formula is C18H26N2O5. The van der Waals surface area contributed by atoms with E-state index >= 15 is 0 Å². The molecule has 25 heavy (non-hydrogen) atoms. The Bertz CT molecular complexity index is 561. The summed E-state index contributed by atoms with van der Waals surface area (Å²) in [7, 11) is 3.24. The summed E-state index contributed by atoms with van der Waals surface area (Å²) in [4.78, 5) is 25.8. The van der Waals surface area contributed by atoms with Gasteiger partial charge >= 0.3 is 0 Å². The molecule has 1 aliphatic rings. The molecule has 1 saturated heterocycles. The Morgan fingerprint density at radius 3 is 2.60 bits per heavy atom. The summed E-state index contributed by atoms with van der Waals surface area (Å²) in [5, 5.41) is 2.83. The van der Waals surface area contributed by atoms with Crippen molar-refractivity contribution >= 4 is 11.8 Å². The molecule has 7 nitrogen and oxygen atoms in total. The van der Waals surface area contributed by atoms with Gasteiger partial charge in [-0.05, 0) is 30.7 Å². The van der Waals surface area contributed by atoms with Crippen LogP contribution in [0.4, 0.5) is 0 Å². The fourth-order valence-electron chi connectivity index (χ4n) is 2.72. The Morgan fingerprint density at radius 2 is 1.92 bits per heavy atom. The lowest BCUT2D eigenvalue weighted by Gasteiger charge is -2.16. The number of amides is 2. The number of nitrogens with zero attached hydrogens (tertiary/aromatic N) is 1. The van der Waals surface area contributed by atoms with Gasteiger partial charge in [0.05, 0.1) is 19.6 Å². The van der Waals surface area contributed by atoms with E-state index in [1.165, 1.54) is 0 Å². The van der Waals surface area contributed by atoms with Crippen LogP contribution in [0.1, 0.15) is 12.8 Å². The van der Waals surface area contributed by atoms with Crippen molar-refractivity contribution in [3.8, 4) is 11.5 Å². The lowest BCUT2D eigenvalue weighted by molar-refractivity contribution is -0.129. The first kappa shape index (κ1) is 19.1. The van der Waals surface area contributed by atoms with Crippen LogP contribution in [0.25, 0.3) is 0 Å². The van der Waals surface area contributed by atoms with E-state index < -0.39 is 0 Å². The first-order valence-corrected chi connectivity index (χ1v) is 8.45. The molecule has 0 aliphatic carbocycles. The molecule has 0 radical (unpaired) electrons. The van der Waals surface area contributed by atoms with Crippen molar-refractivity contribution in [3.63, 3.8) is 0 Å². The van der Waals surface area contributed by atoms with Crippen molar-refractivity contribution in [1.82, 2.24) is 10.2 Å². The van der Waals surface area contributed by atoms with Crippen molar-refractivity contribution in [1.29, 1.82) is 0 Å². The smallest absolute Gasteiger partial charge is 0.225 e. The van der Waals surface area contributed by atoms with E-state index in [0.717, 1.165) is 17.9 Å². The average molecular weight is 350 g/mol. The molecule has 2 rings (SSSR count). The van der Waals surface area contributed by atoms with Crippen LogP contribution in [0.5, 0.6) is 11.5 Å². The third-order valence-corrected chi connectivity index (χ3v) is 4.09. The van der Waals surface area contributed by atoms with Crippen molar-refractivity contribution < 1.29 is 23.8 Å². The van der Waals surface area contributed by atoms with Gasteiger partial charge in [-0.15, -0.1) is 0 Å². The molecule has 1 aromatic rings. The molecule has 2 amide bonds. The molecular weight excluding hydrogens is 324 g/mol. The molecule has 1 unspecified atom stereocenters. The average Bonchev–Trinajstić information content (AvgIpc) is 3.00. The first-order valence-electron chi connectivity index (χ1n) is 8.45. The maximum Gasteiger partial charge on any atom is 0.225 e. The fourth-order valence-corrected chi connectivity index (χ4v) is 2.72. The zero-order valence-electron chi connectivity index (χ0n) is 14.8. The number of nitrogens with one attached hydrogen (secondary N) is 1. The number of ether oxygens (including phenoxy) is 3. The largest absolute Gasteiger partial charge is 0.497 e. The van der Waals surface area contributed by atoms with Gasteiger partial charge in [-0.25, -0.2) is 0 Å². The number of methoxy groups -OCH3 is 2. The Morgan fingerprint density at radius 1 is 1.20 bits per heavy atom. The monoisotopic (exact) mass is 350 g/mol. The number of carbonyl (C=O) groups is 2. The minimum absolute atomic E-state index is 0.0331. The normalized spacial score (nSPS) is 16.8. The molecule has 1 aliphatic heterocycles. The summed E-state index contributed by atoms with van der Waals surface area (Å²) in [5.74, 6) is 1.14. The molecule has 0 saturated carbocycles. The second-order valence-corrected chi connectivity index (χ2v) is 5.90. The van der Waals surface area contributed by atoms with E-state index in [1.54, 1.807) is 19.1 Å². The van der Waals surface area contributed by atoms with Crippen LogP contribution >= 0.6 is 0 Å². The van der Waals surface area contributed by atoms with Crippen LogP contribution in [-0.2, 0) is 14.3 Å². The summed E-state index contributed by atoms with van der Waals surface area (Å²) in [6, 6.07) is 7.26. The van der Waals surface area contributed by atoms with Gasteiger partial charge in [0.25, 0.3) is 0 Å². The summed E-state index contributed by atoms with van der Waals surface area (Å²) >= 11 is 0. The summed E-state index contributed by atoms with van der Waals surface area (Å²) in [6.45, 7) is 2.50. The van der Waals surface area contributed by atoms with Crippen molar-refractivity contribution in [3.05, 3.63) is 24.3 Å². The van der Waals surface area contributed by atoms with Crippen LogP contribution in [-0.4, -0.2) is 63.8 Å². The van der Waals surface area contributed by atoms with Gasteiger partial charge < -0.3 is 24.4 Å². The SMILES string of the molecule is COCCCN1CC(C(=O)NCCOc2ccc(OC)cc2)CC1=O. The molecule has 7 heteroatoms. The van der Waals surface area contributed by atoms with Gasteiger partial charge in [-0.1, -0.05) is 0 Å². The van der Waals surface area contributed by atoms with E-state index in [0.29, 0.717) is 32.8 Å². The first-order chi connectivity index (χ1) is 12.1. The van der Waals surface area contributed by atoms with Gasteiger partial charge in [0.2, 0.25) is 11.8 Å². The van der Waals surface area contributed by atoms with E-state index in [2.05, 4.69) is 5.32 Å². The quantitative estimate of drug-likeness (QED) is 0.639. The van der Waals surface area contributed by atoms with Crippen LogP contribution in [0.3, 0.4) is 0 Å². The van der Waals surface area contributed by atoms with Crippen LogP contribution in [0.15, 0.2) is 24.3 Å². The second-order valence-electron chi connectivity index (χ2n) is 5.90. The lowest BCUT2D eigenvalue weighted by Crippen LogP contribution is -2.35. The molecule has 1 aromatic carbocycles. The van der Waals surface area contributed by atoms with Crippen LogP contribution in [0, 0.1) is 5.92 Å². The van der Waals surface area contributed by atoms with Crippen molar-refractivity contribution in [2.45, 2.75) is 12.8 Å². The van der Waals surface area contributed by atoms with Crippen LogP contribution in [0.2, 0.25) is 0 Å². The standard InChI is InChI=1S/C18H26N2O5/c1-23-10-3-9-20-13-14(12-17(20)21)18(22)19-8-11-25-16-6-4-15(24-2)5-7-16/h4-7,14H,3,8-13H2,1-2H3,(H,19,22). The highest BCUT2D eigenvalue weighted by atomic mass is 16.5. The third-order valence-electron chi connectivity index (χ3n) is 4.09. The molecule has 0 spiro atoms. The predicted octanol–water partition coefficient (Wildman–Crippen LogP) is 1.08. The van der Waals surface area contributed by atoms with Gasteiger partial charge in [0, 0.05) is 33.2 Å². The lowest BCUT2D eigenvalue weighted by atomic mass is 10.1. The zero-order valence-corrected chi connectivity index (χ0v) is 14.8. The fraction of sp³-hybridized carbons (Fsp3) is 0.556. The van der Waals surface area contributed by atoms with Crippen molar-refractivity contribution in [2.24, 2.45) is 5.92 Å². The second kappa shape index (κ2) is 9.88. The maximum absolute atomic E-state index is 12.2. The molecule has 1 N–H and O–H groups in total. The highest BCUT2D eigenvalue weighted by Gasteiger charge is 2.33. The number of carbonyl (C=O) groups excluding carboxylic acids is 2. The number of hydrogen-bond acceptors (Lipinski definition) is 5. The zero-order chi connectivity index (χ0) is 18.1. The topological polar surface area (TPSA) is 77.1 Å². The molecule has 1 fully saturated rings. The minimum atomic E-state index is -0.281. The predicted molar refractivity (Wildman–Crippen MR) is 92.7 cm³/mol. The number of rotatable bonds is 10. The van der Waals surface area contributed by atoms with E-state index in [1.807, 2.05) is 24.3 Å². The highest BCUT2D eigenvalue weighted by Crippen LogP contribution is 2.18. The van der Waals surface area contributed by atoms with Gasteiger partial charge in [0.15, 0.2) is 0 Å². The van der Waals surface area contributed by atoms with Gasteiger partial charge in [-0.3, -0.25) is 9.59 Å². The molecule has 1 atom stereocenters. The number of likely N-dealkylation sites (tertiary alicyclic amines) is 1. The summed E-state index contributed by atoms with van der Waals surface area (Å²) in [5.41, 5.74) is 0. The number of benzene rings is 1. The Balaban J connectivity index is 1.65. The Hall–Kier alpha value is -2.28. The minimum Gasteiger partial charge on any atom is -0.497 e. The number of hydrogen-bond donors (Lipinski definition) is 1. The molecule has 138 valence electrons. The van der Waals surface area contributed by atoms with Crippen molar-refractivity contribution in [2.75, 3.05) is 47.1 Å². The van der Waals surface area contributed by atoms with E-state index in [9.17, 15) is 9.59 Å². The molecule has 1 heterocycles. The summed E-state index contributed by atoms with van der Waals surface area (Å²) < 4.78 is 15.6. The van der Waals surface area contributed by atoms with Gasteiger partial charge in [-0.2, -0.15) is 0 Å². The maximum atomic E-state index is 12.2. The molecule has 0 aromatic heterocycles. The van der Waals surface area contributed by atoms with Crippen LogP contribution < -0.4 is 14.8 Å².